The van der Waals surface area contributed by atoms with Crippen molar-refractivity contribution < 1.29 is 4.52 Å². The van der Waals surface area contributed by atoms with Gasteiger partial charge in [-0.3, -0.25) is 4.90 Å². The molecule has 0 spiro atoms. The Bertz CT molecular complexity index is 586. The molecule has 0 unspecified atom stereocenters. The highest BCUT2D eigenvalue weighted by molar-refractivity contribution is 6.30. The molecule has 1 atom stereocenters. The van der Waals surface area contributed by atoms with Crippen LogP contribution in [0.5, 0.6) is 0 Å². The van der Waals surface area contributed by atoms with E-state index in [0.29, 0.717) is 29.3 Å². The molecule has 2 aromatic rings. The van der Waals surface area contributed by atoms with Gasteiger partial charge in [0.25, 0.3) is 0 Å². The minimum Gasteiger partial charge on any atom is -0.338 e. The van der Waals surface area contributed by atoms with Crippen molar-refractivity contribution in [3.63, 3.8) is 0 Å². The van der Waals surface area contributed by atoms with Crippen LogP contribution in [0.2, 0.25) is 5.02 Å². The maximum atomic E-state index is 5.97. The van der Waals surface area contributed by atoms with Crippen molar-refractivity contribution in [3.8, 4) is 11.4 Å². The topological polar surface area (TPSA) is 54.2 Å². The second-order valence-corrected chi connectivity index (χ2v) is 5.55. The number of nitrogens with one attached hydrogen (secondary N) is 1. The first-order chi connectivity index (χ1) is 9.70. The van der Waals surface area contributed by atoms with E-state index < -0.39 is 0 Å². The average molecular weight is 293 g/mol. The number of hydrogen-bond donors (Lipinski definition) is 1. The van der Waals surface area contributed by atoms with Crippen LogP contribution in [0.25, 0.3) is 11.4 Å². The van der Waals surface area contributed by atoms with Crippen molar-refractivity contribution in [2.45, 2.75) is 19.5 Å². The molecule has 106 valence electrons. The molecule has 1 fully saturated rings. The molecule has 6 heteroatoms. The van der Waals surface area contributed by atoms with Gasteiger partial charge in [0.05, 0.1) is 6.54 Å². The fourth-order valence-corrected chi connectivity index (χ4v) is 2.60. The lowest BCUT2D eigenvalue weighted by Gasteiger charge is -2.30. The normalized spacial score (nSPS) is 20.2. The molecular weight excluding hydrogens is 276 g/mol. The first-order valence-corrected chi connectivity index (χ1v) is 7.13. The summed E-state index contributed by atoms with van der Waals surface area (Å²) in [5.41, 5.74) is 0.876. The number of aromatic nitrogens is 2. The molecule has 0 amide bonds. The van der Waals surface area contributed by atoms with Gasteiger partial charge in [-0.2, -0.15) is 4.98 Å². The minimum absolute atomic E-state index is 0.499. The van der Waals surface area contributed by atoms with E-state index in [4.69, 9.17) is 16.1 Å². The van der Waals surface area contributed by atoms with Crippen LogP contribution in [0, 0.1) is 0 Å². The molecular formula is C14H17ClN4O. The van der Waals surface area contributed by atoms with E-state index in [1.54, 1.807) is 0 Å². The highest BCUT2D eigenvalue weighted by Gasteiger charge is 2.18. The summed E-state index contributed by atoms with van der Waals surface area (Å²) in [4.78, 5) is 6.76. The highest BCUT2D eigenvalue weighted by atomic mass is 35.5. The van der Waals surface area contributed by atoms with Gasteiger partial charge < -0.3 is 9.84 Å². The SMILES string of the molecule is C[C@@H]1CN(Cc2nc(-c3cccc(Cl)c3)no2)CCN1. The predicted molar refractivity (Wildman–Crippen MR) is 77.5 cm³/mol. The van der Waals surface area contributed by atoms with Gasteiger partial charge in [-0.05, 0) is 19.1 Å². The van der Waals surface area contributed by atoms with Crippen LogP contribution < -0.4 is 5.32 Å². The quantitative estimate of drug-likeness (QED) is 0.940. The van der Waals surface area contributed by atoms with Gasteiger partial charge in [-0.1, -0.05) is 28.9 Å². The second kappa shape index (κ2) is 5.91. The summed E-state index contributed by atoms with van der Waals surface area (Å²) in [7, 11) is 0. The van der Waals surface area contributed by atoms with Crippen molar-refractivity contribution in [1.82, 2.24) is 20.4 Å². The number of benzene rings is 1. The lowest BCUT2D eigenvalue weighted by atomic mass is 10.2. The minimum atomic E-state index is 0.499. The van der Waals surface area contributed by atoms with Crippen LogP contribution >= 0.6 is 11.6 Å². The van der Waals surface area contributed by atoms with E-state index in [9.17, 15) is 0 Å². The van der Waals surface area contributed by atoms with Crippen LogP contribution in [0.3, 0.4) is 0 Å². The maximum Gasteiger partial charge on any atom is 0.241 e. The molecule has 0 aliphatic carbocycles. The Morgan fingerprint density at radius 2 is 2.40 bits per heavy atom. The zero-order chi connectivity index (χ0) is 13.9. The van der Waals surface area contributed by atoms with E-state index in [2.05, 4.69) is 27.3 Å². The molecule has 5 nitrogen and oxygen atoms in total. The summed E-state index contributed by atoms with van der Waals surface area (Å²) in [5.74, 6) is 1.24. The number of rotatable bonds is 3. The Morgan fingerprint density at radius 1 is 1.50 bits per heavy atom. The molecule has 0 bridgehead atoms. The fourth-order valence-electron chi connectivity index (χ4n) is 2.41. The van der Waals surface area contributed by atoms with Crippen LogP contribution in [0.4, 0.5) is 0 Å². The van der Waals surface area contributed by atoms with Crippen molar-refractivity contribution in [3.05, 3.63) is 35.2 Å². The van der Waals surface area contributed by atoms with E-state index in [0.717, 1.165) is 25.2 Å². The molecule has 3 rings (SSSR count). The first kappa shape index (κ1) is 13.5. The second-order valence-electron chi connectivity index (χ2n) is 5.11. The summed E-state index contributed by atoms with van der Waals surface area (Å²) in [6, 6.07) is 7.97. The Morgan fingerprint density at radius 3 is 3.20 bits per heavy atom. The lowest BCUT2D eigenvalue weighted by Crippen LogP contribution is -2.48. The molecule has 0 radical (unpaired) electrons. The molecule has 2 heterocycles. The summed E-state index contributed by atoms with van der Waals surface area (Å²) >= 11 is 5.97. The number of halogens is 1. The van der Waals surface area contributed by atoms with Crippen molar-refractivity contribution >= 4 is 11.6 Å². The smallest absolute Gasteiger partial charge is 0.241 e. The molecule has 1 aromatic carbocycles. The largest absolute Gasteiger partial charge is 0.338 e. The van der Waals surface area contributed by atoms with Gasteiger partial charge in [0.2, 0.25) is 11.7 Å². The standard InChI is InChI=1S/C14H17ClN4O/c1-10-8-19(6-5-16-10)9-13-17-14(18-20-13)11-3-2-4-12(15)7-11/h2-4,7,10,16H,5-6,8-9H2,1H3/t10-/m1/s1. The number of nitrogens with zero attached hydrogens (tertiary/aromatic N) is 3. The first-order valence-electron chi connectivity index (χ1n) is 6.75. The highest BCUT2D eigenvalue weighted by Crippen LogP contribution is 2.20. The van der Waals surface area contributed by atoms with Gasteiger partial charge in [-0.15, -0.1) is 0 Å². The maximum absolute atomic E-state index is 5.97. The molecule has 0 saturated carbocycles. The van der Waals surface area contributed by atoms with Crippen molar-refractivity contribution in [2.24, 2.45) is 0 Å². The monoisotopic (exact) mass is 292 g/mol. The molecule has 1 aromatic heterocycles. The van der Waals surface area contributed by atoms with Gasteiger partial charge in [-0.25, -0.2) is 0 Å². The third-order valence-electron chi connectivity index (χ3n) is 3.36. The Kier molecular flexibility index (Phi) is 4.00. The van der Waals surface area contributed by atoms with Crippen LogP contribution in [-0.2, 0) is 6.54 Å². The Balaban J connectivity index is 1.70. The summed E-state index contributed by atoms with van der Waals surface area (Å²) in [5, 5.41) is 8.11. The van der Waals surface area contributed by atoms with E-state index >= 15 is 0 Å². The third-order valence-corrected chi connectivity index (χ3v) is 3.60. The molecule has 1 saturated heterocycles. The van der Waals surface area contributed by atoms with Gasteiger partial charge >= 0.3 is 0 Å². The van der Waals surface area contributed by atoms with Crippen molar-refractivity contribution in [2.75, 3.05) is 19.6 Å². The number of hydrogen-bond acceptors (Lipinski definition) is 5. The predicted octanol–water partition coefficient (Wildman–Crippen LogP) is 2.18. The van der Waals surface area contributed by atoms with Crippen LogP contribution in [-0.4, -0.2) is 40.7 Å². The van der Waals surface area contributed by atoms with E-state index in [1.165, 1.54) is 0 Å². The van der Waals surface area contributed by atoms with Gasteiger partial charge in [0, 0.05) is 36.3 Å². The molecule has 1 aliphatic heterocycles. The Labute approximate surface area is 122 Å². The molecule has 20 heavy (non-hydrogen) atoms. The van der Waals surface area contributed by atoms with Crippen molar-refractivity contribution in [1.29, 1.82) is 0 Å². The van der Waals surface area contributed by atoms with E-state index in [-0.39, 0.29) is 0 Å². The molecule has 1 N–H and O–H groups in total. The average Bonchev–Trinajstić information content (AvgIpc) is 2.87. The van der Waals surface area contributed by atoms with E-state index in [1.807, 2.05) is 24.3 Å². The van der Waals surface area contributed by atoms with Crippen LogP contribution in [0.15, 0.2) is 28.8 Å². The summed E-state index contributed by atoms with van der Waals surface area (Å²) in [6.07, 6.45) is 0. The zero-order valence-corrected chi connectivity index (χ0v) is 12.1. The molecule has 1 aliphatic rings. The van der Waals surface area contributed by atoms with Gasteiger partial charge in [0.15, 0.2) is 0 Å². The Hall–Kier alpha value is -1.43. The van der Waals surface area contributed by atoms with Crippen LogP contribution in [0.1, 0.15) is 12.8 Å². The van der Waals surface area contributed by atoms with Gasteiger partial charge in [0.1, 0.15) is 0 Å². The lowest BCUT2D eigenvalue weighted by molar-refractivity contribution is 0.177. The summed E-state index contributed by atoms with van der Waals surface area (Å²) < 4.78 is 5.33. The zero-order valence-electron chi connectivity index (χ0n) is 11.3. The third kappa shape index (κ3) is 3.17. The fraction of sp³-hybridized carbons (Fsp3) is 0.429. The number of piperazine rings is 1. The summed E-state index contributed by atoms with van der Waals surface area (Å²) in [6.45, 7) is 5.86.